The number of anilines is 1. The lowest BCUT2D eigenvalue weighted by atomic mass is 10.1. The highest BCUT2D eigenvalue weighted by molar-refractivity contribution is 5.91. The molecule has 3 aromatic rings. The van der Waals surface area contributed by atoms with E-state index in [1.807, 2.05) is 79.9 Å². The van der Waals surface area contributed by atoms with Crippen molar-refractivity contribution in [2.75, 3.05) is 5.32 Å². The van der Waals surface area contributed by atoms with Crippen molar-refractivity contribution >= 4 is 17.7 Å². The molecule has 1 amide bonds. The van der Waals surface area contributed by atoms with Gasteiger partial charge in [0.15, 0.2) is 0 Å². The fraction of sp³-hybridized carbons (Fsp3) is 0.130. The molecule has 0 spiro atoms. The largest absolute Gasteiger partial charge is 0.381 e. The van der Waals surface area contributed by atoms with Gasteiger partial charge in [-0.15, -0.1) is 0 Å². The number of hydrogen-bond acceptors (Lipinski definition) is 3. The van der Waals surface area contributed by atoms with E-state index in [0.717, 1.165) is 22.4 Å². The van der Waals surface area contributed by atoms with Gasteiger partial charge >= 0.3 is 0 Å². The lowest BCUT2D eigenvalue weighted by Crippen LogP contribution is -2.24. The van der Waals surface area contributed by atoms with Crippen LogP contribution in [0.3, 0.4) is 0 Å². The molecule has 2 aromatic carbocycles. The topological polar surface area (TPSA) is 54.0 Å². The summed E-state index contributed by atoms with van der Waals surface area (Å²) in [7, 11) is 0. The minimum absolute atomic E-state index is 0.0851. The number of pyridine rings is 1. The van der Waals surface area contributed by atoms with Crippen LogP contribution in [0.25, 0.3) is 6.08 Å². The smallest absolute Gasteiger partial charge is 0.244 e. The van der Waals surface area contributed by atoms with E-state index in [4.69, 9.17) is 0 Å². The Kier molecular flexibility index (Phi) is 6.36. The van der Waals surface area contributed by atoms with Crippen molar-refractivity contribution in [3.8, 4) is 0 Å². The van der Waals surface area contributed by atoms with Crippen molar-refractivity contribution in [3.05, 3.63) is 102 Å². The van der Waals surface area contributed by atoms with Gasteiger partial charge in [0.2, 0.25) is 5.91 Å². The number of carbonyl (C=O) groups is 1. The van der Waals surface area contributed by atoms with Crippen molar-refractivity contribution in [2.45, 2.75) is 19.5 Å². The van der Waals surface area contributed by atoms with Gasteiger partial charge in [-0.25, -0.2) is 0 Å². The standard InChI is InChI=1S/C23H23N3O/c1-18(26-23(27)13-12-19-7-3-2-4-8-19)21-10-5-11-22(15-21)25-17-20-9-6-14-24-16-20/h2-16,18,25H,17H2,1H3,(H,26,27)/t18-/m0/s1. The van der Waals surface area contributed by atoms with E-state index < -0.39 is 0 Å². The van der Waals surface area contributed by atoms with E-state index in [9.17, 15) is 4.79 Å². The van der Waals surface area contributed by atoms with Gasteiger partial charge in [-0.1, -0.05) is 48.5 Å². The van der Waals surface area contributed by atoms with Gasteiger partial charge in [-0.05, 0) is 47.9 Å². The fourth-order valence-electron chi connectivity index (χ4n) is 2.71. The van der Waals surface area contributed by atoms with Crippen LogP contribution in [0.2, 0.25) is 0 Å². The van der Waals surface area contributed by atoms with Crippen LogP contribution >= 0.6 is 0 Å². The summed E-state index contributed by atoms with van der Waals surface area (Å²) < 4.78 is 0. The normalized spacial score (nSPS) is 11.9. The predicted molar refractivity (Wildman–Crippen MR) is 110 cm³/mol. The zero-order valence-electron chi connectivity index (χ0n) is 15.3. The first-order valence-corrected chi connectivity index (χ1v) is 8.97. The van der Waals surface area contributed by atoms with Crippen molar-refractivity contribution in [3.63, 3.8) is 0 Å². The van der Waals surface area contributed by atoms with Crippen LogP contribution < -0.4 is 10.6 Å². The van der Waals surface area contributed by atoms with E-state index in [2.05, 4.69) is 21.7 Å². The molecular formula is C23H23N3O. The average Bonchev–Trinajstić information content (AvgIpc) is 2.72. The van der Waals surface area contributed by atoms with Gasteiger partial charge in [0.25, 0.3) is 0 Å². The van der Waals surface area contributed by atoms with Crippen molar-refractivity contribution in [1.29, 1.82) is 0 Å². The SMILES string of the molecule is C[C@H](NC(=O)C=Cc1ccccc1)c1cccc(NCc2cccnc2)c1. The zero-order chi connectivity index (χ0) is 18.9. The molecule has 0 saturated carbocycles. The fourth-order valence-corrected chi connectivity index (χ4v) is 2.71. The van der Waals surface area contributed by atoms with Crippen molar-refractivity contribution in [1.82, 2.24) is 10.3 Å². The first-order valence-electron chi connectivity index (χ1n) is 8.97. The van der Waals surface area contributed by atoms with Gasteiger partial charge in [0.1, 0.15) is 0 Å². The second kappa shape index (κ2) is 9.34. The molecule has 0 aliphatic rings. The zero-order valence-corrected chi connectivity index (χ0v) is 15.3. The maximum absolute atomic E-state index is 12.2. The molecule has 0 bridgehead atoms. The minimum atomic E-state index is -0.111. The van der Waals surface area contributed by atoms with E-state index in [-0.39, 0.29) is 11.9 Å². The molecule has 0 saturated heterocycles. The molecule has 0 aliphatic heterocycles. The number of hydrogen-bond donors (Lipinski definition) is 2. The lowest BCUT2D eigenvalue weighted by molar-refractivity contribution is -0.117. The van der Waals surface area contributed by atoms with Gasteiger partial charge in [-0.3, -0.25) is 9.78 Å². The minimum Gasteiger partial charge on any atom is -0.381 e. The molecule has 3 rings (SSSR count). The predicted octanol–water partition coefficient (Wildman–Crippen LogP) is 4.58. The Bertz CT molecular complexity index is 892. The highest BCUT2D eigenvalue weighted by Crippen LogP contribution is 2.18. The number of amides is 1. The Balaban J connectivity index is 1.57. The number of rotatable bonds is 7. The third kappa shape index (κ3) is 5.82. The molecule has 1 heterocycles. The molecule has 136 valence electrons. The molecule has 0 aliphatic carbocycles. The quantitative estimate of drug-likeness (QED) is 0.608. The van der Waals surface area contributed by atoms with Crippen molar-refractivity contribution < 1.29 is 4.79 Å². The van der Waals surface area contributed by atoms with Crippen LogP contribution in [-0.4, -0.2) is 10.9 Å². The summed E-state index contributed by atoms with van der Waals surface area (Å²) in [5, 5.41) is 6.39. The first kappa shape index (κ1) is 18.4. The maximum atomic E-state index is 12.2. The number of nitrogens with one attached hydrogen (secondary N) is 2. The molecule has 4 heteroatoms. The second-order valence-electron chi connectivity index (χ2n) is 6.31. The molecule has 2 N–H and O–H groups in total. The van der Waals surface area contributed by atoms with Crippen LogP contribution in [0.15, 0.2) is 85.2 Å². The molecule has 0 fully saturated rings. The summed E-state index contributed by atoms with van der Waals surface area (Å²) >= 11 is 0. The summed E-state index contributed by atoms with van der Waals surface area (Å²) in [6.45, 7) is 2.69. The lowest BCUT2D eigenvalue weighted by Gasteiger charge is -2.15. The van der Waals surface area contributed by atoms with Gasteiger partial charge < -0.3 is 10.6 Å². The third-order valence-electron chi connectivity index (χ3n) is 4.19. The molecular weight excluding hydrogens is 334 g/mol. The highest BCUT2D eigenvalue weighted by atomic mass is 16.1. The van der Waals surface area contributed by atoms with Crippen LogP contribution in [0.4, 0.5) is 5.69 Å². The van der Waals surface area contributed by atoms with E-state index >= 15 is 0 Å². The van der Waals surface area contributed by atoms with E-state index in [1.54, 1.807) is 12.3 Å². The Labute approximate surface area is 160 Å². The summed E-state index contributed by atoms with van der Waals surface area (Å²) in [4.78, 5) is 16.3. The highest BCUT2D eigenvalue weighted by Gasteiger charge is 2.08. The molecule has 0 radical (unpaired) electrons. The number of carbonyl (C=O) groups excluding carboxylic acids is 1. The number of benzene rings is 2. The Morgan fingerprint density at radius 2 is 1.93 bits per heavy atom. The van der Waals surface area contributed by atoms with Gasteiger partial charge in [0, 0.05) is 30.7 Å². The van der Waals surface area contributed by atoms with E-state index in [1.165, 1.54) is 0 Å². The van der Waals surface area contributed by atoms with Crippen LogP contribution in [0.1, 0.15) is 29.7 Å². The molecule has 4 nitrogen and oxygen atoms in total. The maximum Gasteiger partial charge on any atom is 0.244 e. The molecule has 0 unspecified atom stereocenters. The summed E-state index contributed by atoms with van der Waals surface area (Å²) in [6, 6.07) is 21.7. The van der Waals surface area contributed by atoms with Crippen molar-refractivity contribution in [2.24, 2.45) is 0 Å². The molecule has 27 heavy (non-hydrogen) atoms. The number of aromatic nitrogens is 1. The first-order chi connectivity index (χ1) is 13.2. The van der Waals surface area contributed by atoms with Crippen LogP contribution in [0, 0.1) is 0 Å². The monoisotopic (exact) mass is 357 g/mol. The third-order valence-corrected chi connectivity index (χ3v) is 4.19. The summed E-state index contributed by atoms with van der Waals surface area (Å²) in [5.41, 5.74) is 4.18. The molecule has 1 atom stereocenters. The average molecular weight is 357 g/mol. The molecule has 1 aromatic heterocycles. The Morgan fingerprint density at radius 1 is 1.07 bits per heavy atom. The Hall–Kier alpha value is -3.40. The summed E-state index contributed by atoms with van der Waals surface area (Å²) in [6.07, 6.45) is 6.99. The second-order valence-corrected chi connectivity index (χ2v) is 6.31. The van der Waals surface area contributed by atoms with Crippen LogP contribution in [-0.2, 0) is 11.3 Å². The number of nitrogens with zero attached hydrogens (tertiary/aromatic N) is 1. The van der Waals surface area contributed by atoms with E-state index in [0.29, 0.717) is 6.54 Å². The van der Waals surface area contributed by atoms with Crippen LogP contribution in [0.5, 0.6) is 0 Å². The van der Waals surface area contributed by atoms with Gasteiger partial charge in [0.05, 0.1) is 6.04 Å². The Morgan fingerprint density at radius 3 is 2.70 bits per heavy atom. The summed E-state index contributed by atoms with van der Waals surface area (Å²) in [5.74, 6) is -0.111. The van der Waals surface area contributed by atoms with Gasteiger partial charge in [-0.2, -0.15) is 0 Å².